The lowest BCUT2D eigenvalue weighted by molar-refractivity contribution is 0.268. The molecule has 1 aliphatic heterocycles. The van der Waals surface area contributed by atoms with Crippen molar-refractivity contribution in [2.75, 3.05) is 19.6 Å². The van der Waals surface area contributed by atoms with E-state index in [2.05, 4.69) is 4.90 Å². The molecule has 1 fully saturated rings. The van der Waals surface area contributed by atoms with Crippen molar-refractivity contribution in [3.05, 3.63) is 35.6 Å². The summed E-state index contributed by atoms with van der Waals surface area (Å²) in [7, 11) is 0. The first kappa shape index (κ1) is 12.5. The lowest BCUT2D eigenvalue weighted by Crippen LogP contribution is -2.32. The van der Waals surface area contributed by atoms with E-state index in [0.717, 1.165) is 25.2 Å². The van der Waals surface area contributed by atoms with E-state index in [1.165, 1.54) is 37.8 Å². The Bertz CT molecular complexity index is 329. The molecule has 1 atom stereocenters. The summed E-state index contributed by atoms with van der Waals surface area (Å²) in [6.07, 6.45) is 5.22. The minimum atomic E-state index is -0.198. The van der Waals surface area contributed by atoms with Crippen LogP contribution in [-0.2, 0) is 0 Å². The van der Waals surface area contributed by atoms with Crippen molar-refractivity contribution in [3.63, 3.8) is 0 Å². The molecule has 0 amide bonds. The number of benzene rings is 1. The number of nitrogens with two attached hydrogens (primary N) is 1. The molecule has 2 N–H and O–H groups in total. The van der Waals surface area contributed by atoms with Crippen LogP contribution in [0.5, 0.6) is 0 Å². The van der Waals surface area contributed by atoms with Gasteiger partial charge in [0.2, 0.25) is 0 Å². The molecule has 1 aromatic carbocycles. The summed E-state index contributed by atoms with van der Waals surface area (Å²) in [6.45, 7) is 3.18. The third-order valence-corrected chi connectivity index (χ3v) is 3.45. The third-order valence-electron chi connectivity index (χ3n) is 3.45. The summed E-state index contributed by atoms with van der Waals surface area (Å²) < 4.78 is 12.8. The van der Waals surface area contributed by atoms with E-state index >= 15 is 0 Å². The highest BCUT2D eigenvalue weighted by Gasteiger charge is 2.14. The number of halogens is 1. The van der Waals surface area contributed by atoms with Crippen molar-refractivity contribution >= 4 is 0 Å². The minimum absolute atomic E-state index is 0.00583. The van der Waals surface area contributed by atoms with Gasteiger partial charge in [-0.2, -0.15) is 0 Å². The fraction of sp³-hybridized carbons (Fsp3) is 0.571. The molecule has 0 spiro atoms. The smallest absolute Gasteiger partial charge is 0.123 e. The van der Waals surface area contributed by atoms with Crippen molar-refractivity contribution in [1.29, 1.82) is 0 Å². The topological polar surface area (TPSA) is 29.3 Å². The summed E-state index contributed by atoms with van der Waals surface area (Å²) in [5, 5.41) is 0. The van der Waals surface area contributed by atoms with E-state index in [1.807, 2.05) is 0 Å². The van der Waals surface area contributed by atoms with Gasteiger partial charge >= 0.3 is 0 Å². The molecule has 0 aliphatic carbocycles. The second-order valence-corrected chi connectivity index (χ2v) is 4.87. The van der Waals surface area contributed by atoms with Crippen LogP contribution >= 0.6 is 0 Å². The van der Waals surface area contributed by atoms with Gasteiger partial charge in [-0.25, -0.2) is 4.39 Å². The number of likely N-dealkylation sites (tertiary alicyclic amines) is 1. The van der Waals surface area contributed by atoms with Gasteiger partial charge in [0, 0.05) is 12.6 Å². The first-order valence-corrected chi connectivity index (χ1v) is 6.49. The van der Waals surface area contributed by atoms with Crippen LogP contribution in [0.3, 0.4) is 0 Å². The van der Waals surface area contributed by atoms with Crippen LogP contribution in [0, 0.1) is 5.82 Å². The maximum Gasteiger partial charge on any atom is 0.123 e. The standard InChI is InChI=1S/C14H21FN2/c15-13-7-5-12(6-8-13)14(16)11-17-9-3-1-2-4-10-17/h5-8,14H,1-4,9-11,16H2. The maximum absolute atomic E-state index is 12.8. The van der Waals surface area contributed by atoms with Gasteiger partial charge in [-0.15, -0.1) is 0 Å². The Morgan fingerprint density at radius 2 is 1.65 bits per heavy atom. The van der Waals surface area contributed by atoms with Gasteiger partial charge in [-0.3, -0.25) is 0 Å². The van der Waals surface area contributed by atoms with E-state index < -0.39 is 0 Å². The van der Waals surface area contributed by atoms with Crippen LogP contribution < -0.4 is 5.73 Å². The number of nitrogens with zero attached hydrogens (tertiary/aromatic N) is 1. The molecule has 94 valence electrons. The molecule has 0 radical (unpaired) electrons. The molecule has 1 heterocycles. The van der Waals surface area contributed by atoms with Crippen LogP contribution in [-0.4, -0.2) is 24.5 Å². The minimum Gasteiger partial charge on any atom is -0.323 e. The summed E-state index contributed by atoms with van der Waals surface area (Å²) >= 11 is 0. The molecule has 2 nitrogen and oxygen atoms in total. The Labute approximate surface area is 103 Å². The molecule has 1 aliphatic rings. The highest BCUT2D eigenvalue weighted by atomic mass is 19.1. The Kier molecular flexibility index (Phi) is 4.51. The van der Waals surface area contributed by atoms with E-state index in [0.29, 0.717) is 0 Å². The molecule has 0 saturated carbocycles. The molecule has 0 aromatic heterocycles. The first-order chi connectivity index (χ1) is 8.25. The second kappa shape index (κ2) is 6.12. The molecule has 2 rings (SSSR count). The Morgan fingerprint density at radius 1 is 1.06 bits per heavy atom. The van der Waals surface area contributed by atoms with Crippen molar-refractivity contribution in [3.8, 4) is 0 Å². The lowest BCUT2D eigenvalue weighted by Gasteiger charge is -2.24. The monoisotopic (exact) mass is 236 g/mol. The molecular weight excluding hydrogens is 215 g/mol. The summed E-state index contributed by atoms with van der Waals surface area (Å²) in [6, 6.07) is 6.54. The third kappa shape index (κ3) is 3.79. The van der Waals surface area contributed by atoms with Crippen LogP contribution in [0.1, 0.15) is 37.3 Å². The molecule has 1 aromatic rings. The zero-order valence-electron chi connectivity index (χ0n) is 10.2. The number of rotatable bonds is 3. The van der Waals surface area contributed by atoms with E-state index in [1.54, 1.807) is 12.1 Å². The van der Waals surface area contributed by atoms with Crippen molar-refractivity contribution in [2.24, 2.45) is 5.73 Å². The molecule has 3 heteroatoms. The van der Waals surface area contributed by atoms with E-state index in [-0.39, 0.29) is 11.9 Å². The van der Waals surface area contributed by atoms with E-state index in [9.17, 15) is 4.39 Å². The number of hydrogen-bond donors (Lipinski definition) is 1. The molecule has 0 bridgehead atoms. The van der Waals surface area contributed by atoms with Gasteiger partial charge in [-0.05, 0) is 43.6 Å². The van der Waals surface area contributed by atoms with Crippen LogP contribution in [0.25, 0.3) is 0 Å². The first-order valence-electron chi connectivity index (χ1n) is 6.49. The van der Waals surface area contributed by atoms with E-state index in [4.69, 9.17) is 5.73 Å². The van der Waals surface area contributed by atoms with Gasteiger partial charge in [0.1, 0.15) is 5.82 Å². The lowest BCUT2D eigenvalue weighted by atomic mass is 10.1. The predicted octanol–water partition coefficient (Wildman–Crippen LogP) is 2.70. The van der Waals surface area contributed by atoms with Gasteiger partial charge in [-0.1, -0.05) is 25.0 Å². The fourth-order valence-corrected chi connectivity index (χ4v) is 2.41. The molecule has 1 saturated heterocycles. The van der Waals surface area contributed by atoms with Crippen LogP contribution in [0.4, 0.5) is 4.39 Å². The maximum atomic E-state index is 12.8. The van der Waals surface area contributed by atoms with Gasteiger partial charge in [0.15, 0.2) is 0 Å². The van der Waals surface area contributed by atoms with Crippen molar-refractivity contribution < 1.29 is 4.39 Å². The van der Waals surface area contributed by atoms with Crippen molar-refractivity contribution in [1.82, 2.24) is 4.90 Å². The predicted molar refractivity (Wildman–Crippen MR) is 68.2 cm³/mol. The zero-order valence-corrected chi connectivity index (χ0v) is 10.2. The van der Waals surface area contributed by atoms with Gasteiger partial charge in [0.05, 0.1) is 0 Å². The summed E-state index contributed by atoms with van der Waals surface area (Å²) in [5.74, 6) is -0.198. The molecular formula is C14H21FN2. The number of hydrogen-bond acceptors (Lipinski definition) is 2. The Morgan fingerprint density at radius 3 is 2.24 bits per heavy atom. The average molecular weight is 236 g/mol. The average Bonchev–Trinajstić information content (AvgIpc) is 2.58. The molecule has 1 unspecified atom stereocenters. The second-order valence-electron chi connectivity index (χ2n) is 4.87. The molecule has 17 heavy (non-hydrogen) atoms. The largest absolute Gasteiger partial charge is 0.323 e. The normalized spacial score (nSPS) is 19.9. The zero-order chi connectivity index (χ0) is 12.1. The van der Waals surface area contributed by atoms with Crippen molar-refractivity contribution in [2.45, 2.75) is 31.7 Å². The Hall–Kier alpha value is -0.930. The van der Waals surface area contributed by atoms with Crippen LogP contribution in [0.2, 0.25) is 0 Å². The van der Waals surface area contributed by atoms with Gasteiger partial charge in [0.25, 0.3) is 0 Å². The fourth-order valence-electron chi connectivity index (χ4n) is 2.41. The Balaban J connectivity index is 1.91. The van der Waals surface area contributed by atoms with Gasteiger partial charge < -0.3 is 10.6 Å². The summed E-state index contributed by atoms with van der Waals surface area (Å²) in [4.78, 5) is 2.43. The van der Waals surface area contributed by atoms with Crippen LogP contribution in [0.15, 0.2) is 24.3 Å². The quantitative estimate of drug-likeness (QED) is 0.874. The highest BCUT2D eigenvalue weighted by molar-refractivity contribution is 5.19. The summed E-state index contributed by atoms with van der Waals surface area (Å²) in [5.41, 5.74) is 7.19. The SMILES string of the molecule is NC(CN1CCCCCC1)c1ccc(F)cc1. The highest BCUT2D eigenvalue weighted by Crippen LogP contribution is 2.16.